The highest BCUT2D eigenvalue weighted by molar-refractivity contribution is 6.33. The van der Waals surface area contributed by atoms with Gasteiger partial charge in [-0.15, -0.1) is 0 Å². The van der Waals surface area contributed by atoms with Crippen LogP contribution in [0.5, 0.6) is 5.75 Å². The molecular formula is C20H23ClN4O4. The summed E-state index contributed by atoms with van der Waals surface area (Å²) in [5.74, 6) is -1.42. The normalized spacial score (nSPS) is 14.6. The van der Waals surface area contributed by atoms with E-state index in [2.05, 4.69) is 20.2 Å². The fraction of sp³-hybridized carbons (Fsp3) is 0.400. The lowest BCUT2D eigenvalue weighted by molar-refractivity contribution is -0.135. The summed E-state index contributed by atoms with van der Waals surface area (Å²) in [6, 6.07) is 7.77. The largest absolute Gasteiger partial charge is 0.504 e. The molecule has 0 spiro atoms. The first kappa shape index (κ1) is 20.9. The Bertz CT molecular complexity index is 913. The summed E-state index contributed by atoms with van der Waals surface area (Å²) in [5.41, 5.74) is 1.13. The van der Waals surface area contributed by atoms with Crippen molar-refractivity contribution in [3.05, 3.63) is 46.5 Å². The topological polar surface area (TPSA) is 116 Å². The minimum absolute atomic E-state index is 0.192. The Morgan fingerprint density at radius 1 is 1.24 bits per heavy atom. The predicted molar refractivity (Wildman–Crippen MR) is 108 cm³/mol. The van der Waals surface area contributed by atoms with Crippen LogP contribution in [0.2, 0.25) is 5.02 Å². The Balaban J connectivity index is 1.66. The summed E-state index contributed by atoms with van der Waals surface area (Å²) in [4.78, 5) is 33.6. The maximum absolute atomic E-state index is 12.2. The molecule has 0 atom stereocenters. The number of benzene rings is 1. The number of nitrogens with one attached hydrogen (secondary N) is 1. The molecule has 1 saturated heterocycles. The Kier molecular flexibility index (Phi) is 6.53. The third-order valence-electron chi connectivity index (χ3n) is 5.00. The monoisotopic (exact) mass is 418 g/mol. The van der Waals surface area contributed by atoms with Gasteiger partial charge >= 0.3 is 5.97 Å². The predicted octanol–water partition coefficient (Wildman–Crippen LogP) is 2.42. The number of amides is 1. The van der Waals surface area contributed by atoms with Crippen molar-refractivity contribution in [2.75, 3.05) is 24.5 Å². The number of carbonyl (C=O) groups excluding carboxylic acids is 1. The van der Waals surface area contributed by atoms with Crippen molar-refractivity contribution >= 4 is 29.2 Å². The molecule has 3 rings (SSSR count). The number of hydrogen-bond acceptors (Lipinski definition) is 6. The summed E-state index contributed by atoms with van der Waals surface area (Å²) in [6.07, 6.45) is 2.43. The van der Waals surface area contributed by atoms with Crippen LogP contribution in [0, 0.1) is 12.8 Å². The number of piperidine rings is 1. The Morgan fingerprint density at radius 3 is 2.59 bits per heavy atom. The maximum Gasteiger partial charge on any atom is 0.322 e. The molecule has 0 saturated carbocycles. The second kappa shape index (κ2) is 9.09. The summed E-state index contributed by atoms with van der Waals surface area (Å²) in [7, 11) is 0. The van der Waals surface area contributed by atoms with Gasteiger partial charge < -0.3 is 20.4 Å². The van der Waals surface area contributed by atoms with Crippen molar-refractivity contribution in [2.45, 2.75) is 26.2 Å². The van der Waals surface area contributed by atoms with Gasteiger partial charge in [-0.1, -0.05) is 23.7 Å². The minimum atomic E-state index is -1.17. The summed E-state index contributed by atoms with van der Waals surface area (Å²) in [6.45, 7) is 2.76. The van der Waals surface area contributed by atoms with Gasteiger partial charge in [0.1, 0.15) is 12.4 Å². The number of carboxylic acid groups (broad SMARTS) is 1. The highest BCUT2D eigenvalue weighted by Crippen LogP contribution is 2.30. The van der Waals surface area contributed by atoms with E-state index in [9.17, 15) is 14.7 Å². The van der Waals surface area contributed by atoms with Crippen LogP contribution in [0.25, 0.3) is 0 Å². The Labute approximate surface area is 173 Å². The standard InChI is InChI=1S/C20H23ClN4O4/c1-12-19(28)18(20(29)22-11-17(26)27)24-16(23-12)10-13-6-8-25(9-7-13)15-5-3-2-4-14(15)21/h2-5,13,28H,6-11H2,1H3,(H,22,29)(H,26,27). The molecule has 1 aromatic heterocycles. The van der Waals surface area contributed by atoms with Crippen LogP contribution < -0.4 is 10.2 Å². The fourth-order valence-electron chi connectivity index (χ4n) is 3.46. The first-order valence-corrected chi connectivity index (χ1v) is 9.79. The molecule has 0 radical (unpaired) electrons. The first-order valence-electron chi connectivity index (χ1n) is 9.41. The quantitative estimate of drug-likeness (QED) is 0.659. The molecule has 0 aliphatic carbocycles. The molecule has 0 bridgehead atoms. The zero-order chi connectivity index (χ0) is 21.0. The summed E-state index contributed by atoms with van der Waals surface area (Å²) < 4.78 is 0. The maximum atomic E-state index is 12.2. The van der Waals surface area contributed by atoms with Gasteiger partial charge in [-0.2, -0.15) is 0 Å². The van der Waals surface area contributed by atoms with Crippen LogP contribution in [0.3, 0.4) is 0 Å². The average molecular weight is 419 g/mol. The molecule has 1 fully saturated rings. The molecule has 2 heterocycles. The third-order valence-corrected chi connectivity index (χ3v) is 5.32. The number of anilines is 1. The van der Waals surface area contributed by atoms with E-state index in [1.54, 1.807) is 6.92 Å². The van der Waals surface area contributed by atoms with Crippen molar-refractivity contribution in [1.29, 1.82) is 0 Å². The lowest BCUT2D eigenvalue weighted by atomic mass is 9.93. The van der Waals surface area contributed by atoms with Crippen molar-refractivity contribution in [2.24, 2.45) is 5.92 Å². The molecule has 29 heavy (non-hydrogen) atoms. The smallest absolute Gasteiger partial charge is 0.322 e. The lowest BCUT2D eigenvalue weighted by Gasteiger charge is -2.34. The molecule has 8 nitrogen and oxygen atoms in total. The number of hydrogen-bond donors (Lipinski definition) is 3. The molecule has 1 amide bonds. The van der Waals surface area contributed by atoms with Crippen LogP contribution in [-0.4, -0.2) is 51.7 Å². The van der Waals surface area contributed by atoms with E-state index < -0.39 is 18.4 Å². The van der Waals surface area contributed by atoms with E-state index in [0.29, 0.717) is 23.9 Å². The van der Waals surface area contributed by atoms with E-state index in [0.717, 1.165) is 36.6 Å². The molecule has 3 N–H and O–H groups in total. The SMILES string of the molecule is Cc1nc(CC2CCN(c3ccccc3Cl)CC2)nc(C(=O)NCC(=O)O)c1O. The van der Waals surface area contributed by atoms with Crippen LogP contribution >= 0.6 is 11.6 Å². The molecular weight excluding hydrogens is 396 g/mol. The molecule has 1 aliphatic rings. The lowest BCUT2D eigenvalue weighted by Crippen LogP contribution is -2.35. The van der Waals surface area contributed by atoms with Gasteiger partial charge in [-0.3, -0.25) is 9.59 Å². The number of aromatic hydroxyl groups is 1. The van der Waals surface area contributed by atoms with Gasteiger partial charge in [0.25, 0.3) is 5.91 Å². The number of aliphatic carboxylic acids is 1. The van der Waals surface area contributed by atoms with Crippen LogP contribution in [0.4, 0.5) is 5.69 Å². The van der Waals surface area contributed by atoms with Crippen molar-refractivity contribution < 1.29 is 19.8 Å². The number of carboxylic acids is 1. The van der Waals surface area contributed by atoms with Gasteiger partial charge in [0.15, 0.2) is 11.4 Å². The van der Waals surface area contributed by atoms with Gasteiger partial charge in [-0.25, -0.2) is 9.97 Å². The first-order chi connectivity index (χ1) is 13.8. The number of carbonyl (C=O) groups is 2. The molecule has 1 aromatic carbocycles. The average Bonchev–Trinajstić information content (AvgIpc) is 2.70. The number of rotatable bonds is 6. The zero-order valence-electron chi connectivity index (χ0n) is 16.1. The molecule has 9 heteroatoms. The van der Waals surface area contributed by atoms with Crippen LogP contribution in [-0.2, 0) is 11.2 Å². The van der Waals surface area contributed by atoms with E-state index in [4.69, 9.17) is 16.7 Å². The Hall–Kier alpha value is -2.87. The van der Waals surface area contributed by atoms with Crippen molar-refractivity contribution in [1.82, 2.24) is 15.3 Å². The second-order valence-electron chi connectivity index (χ2n) is 7.08. The van der Waals surface area contributed by atoms with Gasteiger partial charge in [0.05, 0.1) is 16.4 Å². The molecule has 1 aliphatic heterocycles. The van der Waals surface area contributed by atoms with E-state index in [1.165, 1.54) is 0 Å². The number of para-hydroxylation sites is 1. The van der Waals surface area contributed by atoms with E-state index >= 15 is 0 Å². The number of aryl methyl sites for hydroxylation is 1. The highest BCUT2D eigenvalue weighted by Gasteiger charge is 2.24. The van der Waals surface area contributed by atoms with Crippen LogP contribution in [0.15, 0.2) is 24.3 Å². The number of aromatic nitrogens is 2. The second-order valence-corrected chi connectivity index (χ2v) is 7.49. The van der Waals surface area contributed by atoms with Crippen molar-refractivity contribution in [3.8, 4) is 5.75 Å². The number of halogens is 1. The molecule has 0 unspecified atom stereocenters. The van der Waals surface area contributed by atoms with E-state index in [1.807, 2.05) is 24.3 Å². The number of nitrogens with zero attached hydrogens (tertiary/aromatic N) is 3. The molecule has 2 aromatic rings. The van der Waals surface area contributed by atoms with Gasteiger partial charge in [0, 0.05) is 19.5 Å². The minimum Gasteiger partial charge on any atom is -0.504 e. The summed E-state index contributed by atoms with van der Waals surface area (Å²) in [5, 5.41) is 21.8. The molecule has 154 valence electrons. The van der Waals surface area contributed by atoms with Gasteiger partial charge in [0.2, 0.25) is 0 Å². The Morgan fingerprint density at radius 2 is 1.93 bits per heavy atom. The summed E-state index contributed by atoms with van der Waals surface area (Å²) >= 11 is 6.29. The zero-order valence-corrected chi connectivity index (χ0v) is 16.8. The van der Waals surface area contributed by atoms with Gasteiger partial charge in [-0.05, 0) is 37.8 Å². The highest BCUT2D eigenvalue weighted by atomic mass is 35.5. The third kappa shape index (κ3) is 5.14. The van der Waals surface area contributed by atoms with E-state index in [-0.39, 0.29) is 11.4 Å². The van der Waals surface area contributed by atoms with Crippen LogP contribution in [0.1, 0.15) is 34.8 Å². The van der Waals surface area contributed by atoms with Crippen molar-refractivity contribution in [3.63, 3.8) is 0 Å². The fourth-order valence-corrected chi connectivity index (χ4v) is 3.71.